The van der Waals surface area contributed by atoms with Gasteiger partial charge in [0.05, 0.1) is 13.7 Å². The maximum absolute atomic E-state index is 13.1. The molecule has 0 spiro atoms. The average molecular weight is 440 g/mol. The van der Waals surface area contributed by atoms with Gasteiger partial charge in [-0.25, -0.2) is 13.1 Å². The Morgan fingerprint density at radius 2 is 1.88 bits per heavy atom. The van der Waals surface area contributed by atoms with E-state index in [0.717, 1.165) is 24.2 Å². The molecule has 2 aromatic carbocycles. The zero-order valence-corrected chi connectivity index (χ0v) is 17.1. The minimum absolute atomic E-state index is 0.146. The van der Waals surface area contributed by atoms with Crippen molar-refractivity contribution in [3.05, 3.63) is 52.5 Å². The van der Waals surface area contributed by atoms with E-state index in [9.17, 15) is 8.42 Å². The molecule has 0 amide bonds. The smallest absolute Gasteiger partial charge is 0.244 e. The topological polar surface area (TPSA) is 64.6 Å². The van der Waals surface area contributed by atoms with E-state index in [2.05, 4.69) is 20.7 Å². The molecule has 0 aromatic heterocycles. The van der Waals surface area contributed by atoms with Crippen LogP contribution in [0.2, 0.25) is 0 Å². The van der Waals surface area contributed by atoms with Gasteiger partial charge in [-0.2, -0.15) is 0 Å². The molecule has 1 aliphatic rings. The summed E-state index contributed by atoms with van der Waals surface area (Å²) in [5.74, 6) is 1.41. The third kappa shape index (κ3) is 4.39. The van der Waals surface area contributed by atoms with Crippen molar-refractivity contribution in [2.75, 3.05) is 13.7 Å². The predicted octanol–water partition coefficient (Wildman–Crippen LogP) is 4.29. The van der Waals surface area contributed by atoms with E-state index in [-0.39, 0.29) is 10.9 Å². The van der Waals surface area contributed by atoms with Crippen molar-refractivity contribution in [3.8, 4) is 11.5 Å². The molecule has 2 aromatic rings. The van der Waals surface area contributed by atoms with Gasteiger partial charge in [0.2, 0.25) is 10.0 Å². The highest BCUT2D eigenvalue weighted by molar-refractivity contribution is 9.10. The lowest BCUT2D eigenvalue weighted by Gasteiger charge is -2.20. The first-order chi connectivity index (χ1) is 12.4. The van der Waals surface area contributed by atoms with Crippen molar-refractivity contribution in [2.24, 2.45) is 5.92 Å². The number of nitrogens with one attached hydrogen (secondary N) is 1. The van der Waals surface area contributed by atoms with Gasteiger partial charge in [0.25, 0.3) is 0 Å². The maximum Gasteiger partial charge on any atom is 0.244 e. The Labute approximate surface area is 162 Å². The summed E-state index contributed by atoms with van der Waals surface area (Å²) in [6.07, 6.45) is 2.02. The van der Waals surface area contributed by atoms with E-state index < -0.39 is 10.0 Å². The first-order valence-corrected chi connectivity index (χ1v) is 10.8. The van der Waals surface area contributed by atoms with Crippen LogP contribution in [0.5, 0.6) is 11.5 Å². The monoisotopic (exact) mass is 439 g/mol. The number of methoxy groups -OCH3 is 1. The van der Waals surface area contributed by atoms with Gasteiger partial charge >= 0.3 is 0 Å². The Morgan fingerprint density at radius 1 is 1.19 bits per heavy atom. The second-order valence-electron chi connectivity index (χ2n) is 6.23. The molecule has 1 aliphatic carbocycles. The zero-order chi connectivity index (χ0) is 18.7. The lowest BCUT2D eigenvalue weighted by molar-refractivity contribution is 0.330. The molecule has 0 aliphatic heterocycles. The summed E-state index contributed by atoms with van der Waals surface area (Å²) >= 11 is 3.35. The lowest BCUT2D eigenvalue weighted by atomic mass is 10.0. The highest BCUT2D eigenvalue weighted by Crippen LogP contribution is 2.42. The number of sulfonamides is 1. The van der Waals surface area contributed by atoms with Crippen LogP contribution in [0.3, 0.4) is 0 Å². The van der Waals surface area contributed by atoms with Crippen LogP contribution in [0.4, 0.5) is 0 Å². The normalized spacial score (nSPS) is 15.5. The van der Waals surface area contributed by atoms with Gasteiger partial charge in [-0.05, 0) is 61.6 Å². The van der Waals surface area contributed by atoms with Gasteiger partial charge < -0.3 is 9.47 Å². The van der Waals surface area contributed by atoms with Crippen LogP contribution in [-0.2, 0) is 10.0 Å². The van der Waals surface area contributed by atoms with E-state index >= 15 is 0 Å². The Bertz CT molecular complexity index is 864. The third-order valence-electron chi connectivity index (χ3n) is 4.35. The molecule has 3 rings (SSSR count). The van der Waals surface area contributed by atoms with Gasteiger partial charge in [0.1, 0.15) is 16.4 Å². The highest BCUT2D eigenvalue weighted by Gasteiger charge is 2.36. The van der Waals surface area contributed by atoms with Crippen molar-refractivity contribution < 1.29 is 17.9 Å². The SMILES string of the molecule is CCOc1ccc(Br)cc1S(=O)(=O)N[C@H](c1ccc(OC)cc1)C1CC1. The number of hydrogen-bond donors (Lipinski definition) is 1. The van der Waals surface area contributed by atoms with Gasteiger partial charge in [-0.1, -0.05) is 28.1 Å². The molecule has 7 heteroatoms. The molecule has 0 radical (unpaired) electrons. The summed E-state index contributed by atoms with van der Waals surface area (Å²) < 4.78 is 40.4. The lowest BCUT2D eigenvalue weighted by Crippen LogP contribution is -2.30. The largest absolute Gasteiger partial charge is 0.497 e. The van der Waals surface area contributed by atoms with E-state index in [1.807, 2.05) is 31.2 Å². The Hall–Kier alpha value is -1.57. The molecule has 1 saturated carbocycles. The molecule has 26 heavy (non-hydrogen) atoms. The van der Waals surface area contributed by atoms with Crippen LogP contribution >= 0.6 is 15.9 Å². The summed E-state index contributed by atoms with van der Waals surface area (Å²) in [7, 11) is -2.13. The number of benzene rings is 2. The second kappa shape index (κ2) is 7.98. The highest BCUT2D eigenvalue weighted by atomic mass is 79.9. The third-order valence-corrected chi connectivity index (χ3v) is 6.30. The quantitative estimate of drug-likeness (QED) is 0.666. The number of hydrogen-bond acceptors (Lipinski definition) is 4. The molecule has 140 valence electrons. The Kier molecular flexibility index (Phi) is 5.89. The molecule has 0 unspecified atom stereocenters. The fraction of sp³-hybridized carbons (Fsp3) is 0.368. The summed E-state index contributed by atoms with van der Waals surface area (Å²) in [6, 6.07) is 12.3. The van der Waals surface area contributed by atoms with Crippen LogP contribution < -0.4 is 14.2 Å². The minimum atomic E-state index is -3.74. The van der Waals surface area contributed by atoms with Crippen molar-refractivity contribution in [1.82, 2.24) is 4.72 Å². The van der Waals surface area contributed by atoms with Crippen molar-refractivity contribution in [2.45, 2.75) is 30.7 Å². The average Bonchev–Trinajstić information content (AvgIpc) is 3.46. The molecule has 1 N–H and O–H groups in total. The summed E-state index contributed by atoms with van der Waals surface area (Å²) in [4.78, 5) is 0.146. The first-order valence-electron chi connectivity index (χ1n) is 8.53. The molecule has 5 nitrogen and oxygen atoms in total. The maximum atomic E-state index is 13.1. The fourth-order valence-corrected chi connectivity index (χ4v) is 4.85. The predicted molar refractivity (Wildman–Crippen MR) is 104 cm³/mol. The standard InChI is InChI=1S/C19H22BrNO4S/c1-3-25-17-11-8-15(20)12-18(17)26(22,23)21-19(13-4-5-13)14-6-9-16(24-2)10-7-14/h6-13,19,21H,3-5H2,1-2H3/t19-/m0/s1. The molecule has 1 fully saturated rings. The van der Waals surface area contributed by atoms with Gasteiger partial charge in [0, 0.05) is 10.5 Å². The van der Waals surface area contributed by atoms with Crippen LogP contribution in [0.15, 0.2) is 51.8 Å². The van der Waals surface area contributed by atoms with Crippen molar-refractivity contribution >= 4 is 26.0 Å². The minimum Gasteiger partial charge on any atom is -0.497 e. The van der Waals surface area contributed by atoms with Crippen molar-refractivity contribution in [3.63, 3.8) is 0 Å². The summed E-state index contributed by atoms with van der Waals surface area (Å²) in [5.41, 5.74) is 0.935. The van der Waals surface area contributed by atoms with Gasteiger partial charge in [-0.3, -0.25) is 0 Å². The van der Waals surface area contributed by atoms with Crippen LogP contribution in [0, 0.1) is 5.92 Å². The van der Waals surface area contributed by atoms with Crippen molar-refractivity contribution in [1.29, 1.82) is 0 Å². The summed E-state index contributed by atoms with van der Waals surface area (Å²) in [5, 5.41) is 0. The number of ether oxygens (including phenoxy) is 2. The second-order valence-corrected chi connectivity index (χ2v) is 8.83. The fourth-order valence-electron chi connectivity index (χ4n) is 2.87. The van der Waals surface area contributed by atoms with Gasteiger partial charge in [0.15, 0.2) is 0 Å². The van der Waals surface area contributed by atoms with Crippen LogP contribution in [0.1, 0.15) is 31.4 Å². The molecule has 1 atom stereocenters. The van der Waals surface area contributed by atoms with E-state index in [1.165, 1.54) is 0 Å². The van der Waals surface area contributed by atoms with Gasteiger partial charge in [-0.15, -0.1) is 0 Å². The summed E-state index contributed by atoms with van der Waals surface area (Å²) in [6.45, 7) is 2.23. The Morgan fingerprint density at radius 3 is 2.46 bits per heavy atom. The zero-order valence-electron chi connectivity index (χ0n) is 14.7. The molecule has 0 saturated heterocycles. The van der Waals surface area contributed by atoms with Crippen LogP contribution in [-0.4, -0.2) is 22.1 Å². The number of halogens is 1. The number of rotatable bonds is 8. The molecular formula is C19H22BrNO4S. The van der Waals surface area contributed by atoms with E-state index in [4.69, 9.17) is 9.47 Å². The Balaban J connectivity index is 1.92. The van der Waals surface area contributed by atoms with E-state index in [1.54, 1.807) is 25.3 Å². The van der Waals surface area contributed by atoms with E-state index in [0.29, 0.717) is 22.7 Å². The van der Waals surface area contributed by atoms with Crippen LogP contribution in [0.25, 0.3) is 0 Å². The first kappa shape index (κ1) is 19.2. The molecule has 0 heterocycles. The molecular weight excluding hydrogens is 418 g/mol. The molecule has 0 bridgehead atoms.